The zero-order valence-electron chi connectivity index (χ0n) is 7.61. The minimum absolute atomic E-state index is 1.14. The molecule has 1 aromatic carbocycles. The molecule has 0 unspecified atom stereocenters. The van der Waals surface area contributed by atoms with Gasteiger partial charge in [0.05, 0.1) is 0 Å². The summed E-state index contributed by atoms with van der Waals surface area (Å²) in [7, 11) is 0. The molecule has 0 aliphatic heterocycles. The summed E-state index contributed by atoms with van der Waals surface area (Å²) in [5.41, 5.74) is 2.85. The highest BCUT2D eigenvalue weighted by molar-refractivity contribution is 5.34. The van der Waals surface area contributed by atoms with E-state index in [1.54, 1.807) is 0 Å². The first-order valence-electron chi connectivity index (χ1n) is 4.70. The lowest BCUT2D eigenvalue weighted by Crippen LogP contribution is -1.86. The molecule has 13 heavy (non-hydrogen) atoms. The van der Waals surface area contributed by atoms with E-state index in [0.717, 1.165) is 12.8 Å². The van der Waals surface area contributed by atoms with E-state index in [-0.39, 0.29) is 0 Å². The van der Waals surface area contributed by atoms with Crippen molar-refractivity contribution in [2.24, 2.45) is 0 Å². The average Bonchev–Trinajstić information content (AvgIpc) is 2.69. The van der Waals surface area contributed by atoms with E-state index in [2.05, 4.69) is 55.0 Å². The lowest BCUT2D eigenvalue weighted by molar-refractivity contribution is 0.958. The first-order chi connectivity index (χ1) is 6.45. The van der Waals surface area contributed by atoms with Crippen LogP contribution in [0.2, 0.25) is 0 Å². The number of benzene rings is 1. The van der Waals surface area contributed by atoms with Gasteiger partial charge in [0.15, 0.2) is 0 Å². The molecule has 65 valence electrons. The number of allylic oxidation sites excluding steroid dienone is 4. The summed E-state index contributed by atoms with van der Waals surface area (Å²) in [5.74, 6) is 0. The maximum absolute atomic E-state index is 2.18. The van der Waals surface area contributed by atoms with Crippen LogP contribution in [0, 0.1) is 6.42 Å². The Morgan fingerprint density at radius 1 is 0.846 bits per heavy atom. The highest BCUT2D eigenvalue weighted by Gasteiger charge is 1.99. The molecule has 1 aliphatic carbocycles. The Kier molecular flexibility index (Phi) is 2.61. The number of hydrogen-bond acceptors (Lipinski definition) is 0. The zero-order chi connectivity index (χ0) is 8.93. The predicted molar refractivity (Wildman–Crippen MR) is 56.3 cm³/mol. The van der Waals surface area contributed by atoms with Crippen LogP contribution in [0.1, 0.15) is 12.0 Å². The third kappa shape index (κ3) is 2.32. The Hall–Kier alpha value is -1.30. The fourth-order valence-electron chi connectivity index (χ4n) is 1.51. The van der Waals surface area contributed by atoms with Crippen molar-refractivity contribution in [1.29, 1.82) is 0 Å². The second kappa shape index (κ2) is 4.08. The summed E-state index contributed by atoms with van der Waals surface area (Å²) >= 11 is 0. The molecule has 0 aromatic heterocycles. The maximum Gasteiger partial charge on any atom is 0.00836 e. The molecule has 1 aromatic rings. The van der Waals surface area contributed by atoms with Gasteiger partial charge in [0, 0.05) is 6.42 Å². The fraction of sp³-hybridized carbons (Fsp3) is 0.154. The van der Waals surface area contributed by atoms with Gasteiger partial charge in [0.2, 0.25) is 0 Å². The van der Waals surface area contributed by atoms with Gasteiger partial charge in [0.25, 0.3) is 0 Å². The summed E-state index contributed by atoms with van der Waals surface area (Å²) < 4.78 is 0. The van der Waals surface area contributed by atoms with Crippen LogP contribution in [-0.4, -0.2) is 0 Å². The van der Waals surface area contributed by atoms with Gasteiger partial charge in [-0.25, -0.2) is 0 Å². The van der Waals surface area contributed by atoms with Crippen LogP contribution in [0.3, 0.4) is 0 Å². The van der Waals surface area contributed by atoms with E-state index < -0.39 is 0 Å². The zero-order valence-corrected chi connectivity index (χ0v) is 7.61. The third-order valence-electron chi connectivity index (χ3n) is 2.28. The van der Waals surface area contributed by atoms with Crippen LogP contribution >= 0.6 is 0 Å². The van der Waals surface area contributed by atoms with Crippen molar-refractivity contribution in [3.63, 3.8) is 0 Å². The van der Waals surface area contributed by atoms with Gasteiger partial charge in [0.1, 0.15) is 0 Å². The second-order valence-corrected chi connectivity index (χ2v) is 3.28. The molecule has 2 rings (SSSR count). The Bertz CT molecular complexity index is 317. The molecule has 0 saturated carbocycles. The predicted octanol–water partition coefficient (Wildman–Crippen LogP) is 3.32. The van der Waals surface area contributed by atoms with Crippen molar-refractivity contribution >= 4 is 0 Å². The van der Waals surface area contributed by atoms with Crippen molar-refractivity contribution < 1.29 is 0 Å². The van der Waals surface area contributed by atoms with E-state index in [1.165, 1.54) is 11.1 Å². The third-order valence-corrected chi connectivity index (χ3v) is 2.28. The van der Waals surface area contributed by atoms with E-state index in [9.17, 15) is 0 Å². The SMILES string of the molecule is [CH]1C=CC=C1CCc1ccccc1. The van der Waals surface area contributed by atoms with Crippen molar-refractivity contribution in [2.75, 3.05) is 0 Å². The topological polar surface area (TPSA) is 0 Å². The molecule has 0 N–H and O–H groups in total. The summed E-state index contributed by atoms with van der Waals surface area (Å²) in [6.45, 7) is 0. The lowest BCUT2D eigenvalue weighted by atomic mass is 10.0. The minimum Gasteiger partial charge on any atom is -0.0764 e. The minimum atomic E-state index is 1.14. The first-order valence-corrected chi connectivity index (χ1v) is 4.70. The van der Waals surface area contributed by atoms with E-state index in [1.807, 2.05) is 0 Å². The van der Waals surface area contributed by atoms with Crippen LogP contribution in [0.15, 0.2) is 54.1 Å². The van der Waals surface area contributed by atoms with Crippen molar-refractivity contribution in [2.45, 2.75) is 12.8 Å². The normalized spacial score (nSPS) is 14.6. The van der Waals surface area contributed by atoms with Crippen molar-refractivity contribution in [1.82, 2.24) is 0 Å². The van der Waals surface area contributed by atoms with Gasteiger partial charge in [-0.3, -0.25) is 0 Å². The summed E-state index contributed by atoms with van der Waals surface area (Å²) in [6, 6.07) is 10.6. The van der Waals surface area contributed by atoms with Gasteiger partial charge < -0.3 is 0 Å². The molecule has 0 saturated heterocycles. The summed E-state index contributed by atoms with van der Waals surface area (Å²) in [6.07, 6.45) is 10.9. The Labute approximate surface area is 79.6 Å². The standard InChI is InChI=1S/C13H13/c1-2-6-12(7-3-1)10-11-13-8-4-5-9-13/h1-9H,10-11H2. The Balaban J connectivity index is 1.87. The number of aryl methyl sites for hydroxylation is 1. The van der Waals surface area contributed by atoms with E-state index in [4.69, 9.17) is 0 Å². The molecule has 0 heterocycles. The Morgan fingerprint density at radius 3 is 2.38 bits per heavy atom. The van der Waals surface area contributed by atoms with Crippen LogP contribution in [0.5, 0.6) is 0 Å². The molecule has 0 atom stereocenters. The smallest absolute Gasteiger partial charge is 0.00836 e. The highest BCUT2D eigenvalue weighted by Crippen LogP contribution is 2.15. The molecule has 0 heteroatoms. The van der Waals surface area contributed by atoms with Gasteiger partial charge in [-0.05, 0) is 18.4 Å². The van der Waals surface area contributed by atoms with Crippen molar-refractivity contribution in [3.05, 3.63) is 66.1 Å². The molecule has 0 bridgehead atoms. The monoisotopic (exact) mass is 169 g/mol. The molecule has 1 aliphatic rings. The van der Waals surface area contributed by atoms with Crippen molar-refractivity contribution in [3.8, 4) is 0 Å². The highest BCUT2D eigenvalue weighted by atomic mass is 14.0. The van der Waals surface area contributed by atoms with Crippen LogP contribution in [-0.2, 0) is 6.42 Å². The molecular weight excluding hydrogens is 156 g/mol. The molecule has 0 nitrogen and oxygen atoms in total. The largest absolute Gasteiger partial charge is 0.0764 e. The van der Waals surface area contributed by atoms with E-state index in [0.29, 0.717) is 0 Å². The number of hydrogen-bond donors (Lipinski definition) is 0. The maximum atomic E-state index is 2.18. The summed E-state index contributed by atoms with van der Waals surface area (Å²) in [4.78, 5) is 0. The molecule has 1 radical (unpaired) electrons. The number of rotatable bonds is 3. The lowest BCUT2D eigenvalue weighted by Gasteiger charge is -2.01. The van der Waals surface area contributed by atoms with Crippen LogP contribution in [0.25, 0.3) is 0 Å². The van der Waals surface area contributed by atoms with Gasteiger partial charge in [-0.15, -0.1) is 0 Å². The molecule has 0 amide bonds. The van der Waals surface area contributed by atoms with Gasteiger partial charge in [-0.1, -0.05) is 54.1 Å². The summed E-state index contributed by atoms with van der Waals surface area (Å²) in [5, 5.41) is 0. The first kappa shape index (κ1) is 8.31. The fourth-order valence-corrected chi connectivity index (χ4v) is 1.51. The van der Waals surface area contributed by atoms with Gasteiger partial charge >= 0.3 is 0 Å². The Morgan fingerprint density at radius 2 is 1.69 bits per heavy atom. The second-order valence-electron chi connectivity index (χ2n) is 3.28. The molecule has 0 spiro atoms. The average molecular weight is 169 g/mol. The van der Waals surface area contributed by atoms with Crippen LogP contribution in [0.4, 0.5) is 0 Å². The van der Waals surface area contributed by atoms with Gasteiger partial charge in [-0.2, -0.15) is 0 Å². The quantitative estimate of drug-likeness (QED) is 0.651. The van der Waals surface area contributed by atoms with E-state index >= 15 is 0 Å². The van der Waals surface area contributed by atoms with Crippen LogP contribution < -0.4 is 0 Å². The molecule has 0 fully saturated rings. The molecular formula is C13H13.